The third kappa shape index (κ3) is 3.46. The van der Waals surface area contributed by atoms with Gasteiger partial charge in [-0.2, -0.15) is 10.2 Å². The van der Waals surface area contributed by atoms with E-state index in [0.717, 1.165) is 11.3 Å². The minimum atomic E-state index is -0.386. The molecule has 124 valence electrons. The van der Waals surface area contributed by atoms with Crippen molar-refractivity contribution in [3.63, 3.8) is 0 Å². The zero-order valence-corrected chi connectivity index (χ0v) is 13.9. The number of carbonyl (C=O) groups excluding carboxylic acids is 1. The molecule has 2 aromatic heterocycles. The van der Waals surface area contributed by atoms with Gasteiger partial charge in [-0.1, -0.05) is 17.7 Å². The summed E-state index contributed by atoms with van der Waals surface area (Å²) in [6.45, 7) is 2.20. The van der Waals surface area contributed by atoms with Gasteiger partial charge < -0.3 is 5.32 Å². The van der Waals surface area contributed by atoms with Gasteiger partial charge in [-0.3, -0.25) is 14.2 Å². The summed E-state index contributed by atoms with van der Waals surface area (Å²) in [5, 5.41) is 11.4. The van der Waals surface area contributed by atoms with Gasteiger partial charge in [-0.15, -0.1) is 0 Å². The van der Waals surface area contributed by atoms with Crippen molar-refractivity contribution in [3.8, 4) is 0 Å². The Morgan fingerprint density at radius 1 is 1.38 bits per heavy atom. The summed E-state index contributed by atoms with van der Waals surface area (Å²) < 4.78 is 16.2. The van der Waals surface area contributed by atoms with Crippen molar-refractivity contribution in [3.05, 3.63) is 64.5 Å². The molecule has 0 aliphatic heterocycles. The van der Waals surface area contributed by atoms with E-state index >= 15 is 0 Å². The number of halogens is 2. The molecule has 6 nitrogen and oxygen atoms in total. The van der Waals surface area contributed by atoms with Crippen LogP contribution < -0.4 is 5.32 Å². The third-order valence-corrected chi connectivity index (χ3v) is 3.83. The van der Waals surface area contributed by atoms with Crippen LogP contribution in [0.25, 0.3) is 0 Å². The highest BCUT2D eigenvalue weighted by Gasteiger charge is 2.13. The van der Waals surface area contributed by atoms with Crippen molar-refractivity contribution in [2.45, 2.75) is 13.5 Å². The normalized spacial score (nSPS) is 10.8. The van der Waals surface area contributed by atoms with E-state index in [1.807, 2.05) is 6.92 Å². The van der Waals surface area contributed by atoms with Gasteiger partial charge >= 0.3 is 0 Å². The summed E-state index contributed by atoms with van der Waals surface area (Å²) in [5.41, 5.74) is 2.52. The molecule has 0 saturated heterocycles. The molecular formula is C16H15ClFN5O. The fraction of sp³-hybridized carbons (Fsp3) is 0.188. The number of anilines is 1. The summed E-state index contributed by atoms with van der Waals surface area (Å²) in [5.74, 6) is -0.652. The molecule has 8 heteroatoms. The minimum Gasteiger partial charge on any atom is -0.318 e. The Labute approximate surface area is 142 Å². The van der Waals surface area contributed by atoms with Gasteiger partial charge in [0.25, 0.3) is 5.91 Å². The maximum Gasteiger partial charge on any atom is 0.274 e. The van der Waals surface area contributed by atoms with E-state index in [4.69, 9.17) is 11.6 Å². The second-order valence-corrected chi connectivity index (χ2v) is 5.82. The quantitative estimate of drug-likeness (QED) is 0.789. The number of benzene rings is 1. The second kappa shape index (κ2) is 6.45. The molecule has 0 spiro atoms. The number of rotatable bonds is 4. The van der Waals surface area contributed by atoms with Crippen LogP contribution in [0.5, 0.6) is 0 Å². The topological polar surface area (TPSA) is 64.7 Å². The number of aromatic nitrogens is 4. The van der Waals surface area contributed by atoms with Crippen molar-refractivity contribution in [2.75, 3.05) is 5.32 Å². The molecule has 0 aliphatic rings. The Bertz CT molecular complexity index is 902. The van der Waals surface area contributed by atoms with Crippen LogP contribution in [0.1, 0.15) is 21.7 Å². The van der Waals surface area contributed by atoms with Gasteiger partial charge in [0.15, 0.2) is 0 Å². The summed E-state index contributed by atoms with van der Waals surface area (Å²) >= 11 is 6.01. The predicted octanol–water partition coefficient (Wildman–Crippen LogP) is 3.02. The Balaban J connectivity index is 1.71. The summed E-state index contributed by atoms with van der Waals surface area (Å²) in [6.07, 6.45) is 3.22. The molecule has 0 bridgehead atoms. The van der Waals surface area contributed by atoms with Gasteiger partial charge in [0.1, 0.15) is 11.5 Å². The van der Waals surface area contributed by atoms with Gasteiger partial charge in [0.05, 0.1) is 24.1 Å². The number of amides is 1. The highest BCUT2D eigenvalue weighted by atomic mass is 35.5. The van der Waals surface area contributed by atoms with Gasteiger partial charge in [-0.25, -0.2) is 4.39 Å². The van der Waals surface area contributed by atoms with Crippen molar-refractivity contribution in [1.29, 1.82) is 0 Å². The van der Waals surface area contributed by atoms with Crippen LogP contribution in [0.3, 0.4) is 0 Å². The van der Waals surface area contributed by atoms with Crippen LogP contribution in [0.2, 0.25) is 5.02 Å². The van der Waals surface area contributed by atoms with Crippen LogP contribution in [-0.4, -0.2) is 25.5 Å². The zero-order chi connectivity index (χ0) is 17.3. The second-order valence-electron chi connectivity index (χ2n) is 5.41. The number of hydrogen-bond acceptors (Lipinski definition) is 3. The zero-order valence-electron chi connectivity index (χ0n) is 13.1. The fourth-order valence-corrected chi connectivity index (χ4v) is 2.58. The van der Waals surface area contributed by atoms with Crippen LogP contribution >= 0.6 is 11.6 Å². The van der Waals surface area contributed by atoms with E-state index in [2.05, 4.69) is 15.5 Å². The number of carbonyl (C=O) groups is 1. The molecule has 1 N–H and O–H groups in total. The van der Waals surface area contributed by atoms with E-state index in [-0.39, 0.29) is 11.7 Å². The number of nitrogens with zero attached hydrogens (tertiary/aromatic N) is 4. The monoisotopic (exact) mass is 347 g/mol. The molecule has 3 rings (SSSR count). The molecule has 0 fully saturated rings. The first-order chi connectivity index (χ1) is 11.4. The van der Waals surface area contributed by atoms with Crippen LogP contribution in [0.4, 0.5) is 10.1 Å². The Hall–Kier alpha value is -2.67. The molecular weight excluding hydrogens is 333 g/mol. The number of hydrogen-bond donors (Lipinski definition) is 1. The van der Waals surface area contributed by atoms with Gasteiger partial charge in [-0.05, 0) is 30.7 Å². The Morgan fingerprint density at radius 2 is 2.17 bits per heavy atom. The SMILES string of the molecule is Cc1cc(C(=O)Nc2cnn(Cc3ccc(F)cc3Cl)c2)n(C)n1. The third-order valence-electron chi connectivity index (χ3n) is 3.47. The Kier molecular flexibility index (Phi) is 4.35. The molecule has 3 aromatic rings. The van der Waals surface area contributed by atoms with Crippen molar-refractivity contribution < 1.29 is 9.18 Å². The highest BCUT2D eigenvalue weighted by Crippen LogP contribution is 2.19. The van der Waals surface area contributed by atoms with E-state index in [0.29, 0.717) is 22.9 Å². The highest BCUT2D eigenvalue weighted by molar-refractivity contribution is 6.31. The van der Waals surface area contributed by atoms with E-state index in [9.17, 15) is 9.18 Å². The summed E-state index contributed by atoms with van der Waals surface area (Å²) in [6, 6.07) is 5.92. The largest absolute Gasteiger partial charge is 0.318 e. The maximum atomic E-state index is 13.1. The number of aryl methyl sites for hydroxylation is 2. The summed E-state index contributed by atoms with van der Waals surface area (Å²) in [4.78, 5) is 12.2. The van der Waals surface area contributed by atoms with E-state index < -0.39 is 0 Å². The molecule has 0 atom stereocenters. The van der Waals surface area contributed by atoms with Crippen LogP contribution in [-0.2, 0) is 13.6 Å². The number of nitrogens with one attached hydrogen (secondary N) is 1. The average Bonchev–Trinajstić information content (AvgIpc) is 3.08. The standard InChI is InChI=1S/C16H15ClFN5O/c1-10-5-15(22(2)21-10)16(24)20-13-7-19-23(9-13)8-11-3-4-12(18)6-14(11)17/h3-7,9H,8H2,1-2H3,(H,20,24). The molecule has 2 heterocycles. The van der Waals surface area contributed by atoms with Crippen LogP contribution in [0.15, 0.2) is 36.7 Å². The van der Waals surface area contributed by atoms with Gasteiger partial charge in [0.2, 0.25) is 0 Å². The molecule has 0 saturated carbocycles. The van der Waals surface area contributed by atoms with Crippen molar-refractivity contribution >= 4 is 23.2 Å². The Morgan fingerprint density at radius 3 is 2.83 bits per heavy atom. The molecule has 24 heavy (non-hydrogen) atoms. The van der Waals surface area contributed by atoms with E-state index in [1.165, 1.54) is 16.8 Å². The first-order valence-corrected chi connectivity index (χ1v) is 7.58. The first kappa shape index (κ1) is 16.2. The van der Waals surface area contributed by atoms with Gasteiger partial charge in [0, 0.05) is 18.3 Å². The lowest BCUT2D eigenvalue weighted by molar-refractivity contribution is 0.101. The molecule has 0 radical (unpaired) electrons. The lowest BCUT2D eigenvalue weighted by Crippen LogP contribution is -2.15. The maximum absolute atomic E-state index is 13.1. The molecule has 0 unspecified atom stereocenters. The van der Waals surface area contributed by atoms with Crippen molar-refractivity contribution in [2.24, 2.45) is 7.05 Å². The van der Waals surface area contributed by atoms with Crippen molar-refractivity contribution in [1.82, 2.24) is 19.6 Å². The van der Waals surface area contributed by atoms with E-state index in [1.54, 1.807) is 36.3 Å². The first-order valence-electron chi connectivity index (χ1n) is 7.21. The molecule has 1 amide bonds. The minimum absolute atomic E-state index is 0.266. The van der Waals surface area contributed by atoms with Crippen LogP contribution in [0, 0.1) is 12.7 Å². The average molecular weight is 348 g/mol. The fourth-order valence-electron chi connectivity index (χ4n) is 2.36. The molecule has 0 aliphatic carbocycles. The lowest BCUT2D eigenvalue weighted by atomic mass is 10.2. The summed E-state index contributed by atoms with van der Waals surface area (Å²) in [7, 11) is 1.71. The lowest BCUT2D eigenvalue weighted by Gasteiger charge is -2.05. The smallest absolute Gasteiger partial charge is 0.274 e. The molecule has 1 aromatic carbocycles. The predicted molar refractivity (Wildman–Crippen MR) is 88.6 cm³/mol.